The molecule has 1 aromatic rings. The summed E-state index contributed by atoms with van der Waals surface area (Å²) in [5.74, 6) is 0. The fourth-order valence-corrected chi connectivity index (χ4v) is 2.43. The number of hydrogen-bond donors (Lipinski definition) is 1. The van der Waals surface area contributed by atoms with Gasteiger partial charge in [0.05, 0.1) is 5.69 Å². The Morgan fingerprint density at radius 2 is 1.86 bits per heavy atom. The monoisotopic (exact) mass is 351 g/mol. The Kier molecular flexibility index (Phi) is 6.20. The van der Waals surface area contributed by atoms with Gasteiger partial charge in [0.15, 0.2) is 10.3 Å². The van der Waals surface area contributed by atoms with Crippen molar-refractivity contribution in [3.05, 3.63) is 27.1 Å². The average Bonchev–Trinajstić information content (AvgIpc) is 1.93. The van der Waals surface area contributed by atoms with Gasteiger partial charge in [0.25, 0.3) is 0 Å². The van der Waals surface area contributed by atoms with E-state index < -0.39 is 10.3 Å². The largest absolute Gasteiger partial charge is 1.00 e. The summed E-state index contributed by atoms with van der Waals surface area (Å²) in [5.41, 5.74) is 0.221. The van der Waals surface area contributed by atoms with Crippen molar-refractivity contribution in [1.82, 2.24) is 0 Å². The van der Waals surface area contributed by atoms with Crippen molar-refractivity contribution in [3.63, 3.8) is 0 Å². The Labute approximate surface area is 121 Å². The zero-order chi connectivity index (χ0) is 10.1. The van der Waals surface area contributed by atoms with Gasteiger partial charge < -0.3 is 4.55 Å². The van der Waals surface area contributed by atoms with Gasteiger partial charge in [0, 0.05) is 8.95 Å². The predicted molar refractivity (Wildman–Crippen MR) is 55.2 cm³/mol. The Balaban J connectivity index is 0.00000169. The molecule has 1 rings (SSSR count). The standard InChI is InChI=1S/C6H5Br2NO3S.Na/c7-4-1-2-6(5(8)3-4)9-13(10,11)12;/h1-3,9H,(H,10,11,12);/q;+1/p-1. The number of rotatable bonds is 2. The van der Waals surface area contributed by atoms with Crippen molar-refractivity contribution >= 4 is 47.9 Å². The zero-order valence-electron chi connectivity index (χ0n) is 7.12. The van der Waals surface area contributed by atoms with Crippen LogP contribution in [0.25, 0.3) is 0 Å². The van der Waals surface area contributed by atoms with E-state index in [-0.39, 0.29) is 35.2 Å². The van der Waals surface area contributed by atoms with Gasteiger partial charge in [-0.3, -0.25) is 4.72 Å². The Morgan fingerprint density at radius 1 is 1.29 bits per heavy atom. The van der Waals surface area contributed by atoms with E-state index in [1.165, 1.54) is 6.07 Å². The maximum Gasteiger partial charge on any atom is 1.00 e. The van der Waals surface area contributed by atoms with Crippen LogP contribution < -0.4 is 34.3 Å². The maximum atomic E-state index is 10.3. The third-order valence-corrected chi connectivity index (χ3v) is 2.79. The normalized spacial score (nSPS) is 10.5. The average molecular weight is 353 g/mol. The summed E-state index contributed by atoms with van der Waals surface area (Å²) in [4.78, 5) is 0. The van der Waals surface area contributed by atoms with Crippen LogP contribution in [0.2, 0.25) is 0 Å². The van der Waals surface area contributed by atoms with E-state index >= 15 is 0 Å². The van der Waals surface area contributed by atoms with E-state index in [0.29, 0.717) is 4.47 Å². The molecule has 1 aromatic carbocycles. The predicted octanol–water partition coefficient (Wildman–Crippen LogP) is -0.912. The Morgan fingerprint density at radius 3 is 2.29 bits per heavy atom. The van der Waals surface area contributed by atoms with Crippen molar-refractivity contribution in [1.29, 1.82) is 0 Å². The van der Waals surface area contributed by atoms with E-state index in [4.69, 9.17) is 0 Å². The van der Waals surface area contributed by atoms with Crippen LogP contribution in [0.15, 0.2) is 27.1 Å². The van der Waals surface area contributed by atoms with Crippen molar-refractivity contribution in [3.8, 4) is 0 Å². The molecule has 0 aliphatic carbocycles. The molecule has 14 heavy (non-hydrogen) atoms. The first-order chi connectivity index (χ1) is 5.88. The molecular weight excluding hydrogens is 349 g/mol. The maximum absolute atomic E-state index is 10.3. The summed E-state index contributed by atoms with van der Waals surface area (Å²) < 4.78 is 34.1. The van der Waals surface area contributed by atoms with Gasteiger partial charge in [0.1, 0.15) is 0 Å². The molecule has 0 amide bonds. The number of benzene rings is 1. The van der Waals surface area contributed by atoms with Crippen LogP contribution in [0.3, 0.4) is 0 Å². The molecule has 0 bridgehead atoms. The van der Waals surface area contributed by atoms with E-state index in [1.807, 2.05) is 4.72 Å². The Bertz CT molecular complexity index is 423. The fourth-order valence-electron chi connectivity index (χ4n) is 0.707. The summed E-state index contributed by atoms with van der Waals surface area (Å²) >= 11 is 6.29. The molecule has 0 unspecified atom stereocenters. The van der Waals surface area contributed by atoms with Crippen LogP contribution >= 0.6 is 31.9 Å². The van der Waals surface area contributed by atoms with Crippen molar-refractivity contribution in [2.24, 2.45) is 0 Å². The summed E-state index contributed by atoms with van der Waals surface area (Å²) in [6, 6.07) is 4.73. The molecule has 0 saturated carbocycles. The summed E-state index contributed by atoms with van der Waals surface area (Å²) in [5, 5.41) is 0. The first-order valence-electron chi connectivity index (χ1n) is 3.07. The molecule has 0 atom stereocenters. The molecule has 0 fully saturated rings. The second kappa shape index (κ2) is 5.83. The van der Waals surface area contributed by atoms with Crippen LogP contribution in [-0.4, -0.2) is 13.0 Å². The molecule has 0 radical (unpaired) electrons. The van der Waals surface area contributed by atoms with Gasteiger partial charge >= 0.3 is 29.6 Å². The summed E-state index contributed by atoms with van der Waals surface area (Å²) in [7, 11) is -4.46. The third kappa shape index (κ3) is 5.11. The van der Waals surface area contributed by atoms with Crippen LogP contribution in [0.5, 0.6) is 0 Å². The van der Waals surface area contributed by atoms with E-state index in [9.17, 15) is 13.0 Å². The van der Waals surface area contributed by atoms with Gasteiger partial charge in [-0.15, -0.1) is 0 Å². The van der Waals surface area contributed by atoms with E-state index in [2.05, 4.69) is 31.9 Å². The summed E-state index contributed by atoms with van der Waals surface area (Å²) in [6.45, 7) is 0. The number of hydrogen-bond acceptors (Lipinski definition) is 3. The topological polar surface area (TPSA) is 69.2 Å². The second-order valence-corrected chi connectivity index (χ2v) is 5.06. The van der Waals surface area contributed by atoms with Gasteiger partial charge in [-0.2, -0.15) is 0 Å². The third-order valence-electron chi connectivity index (χ3n) is 1.17. The molecule has 0 aliphatic rings. The molecule has 0 heterocycles. The fraction of sp³-hybridized carbons (Fsp3) is 0. The number of anilines is 1. The van der Waals surface area contributed by atoms with Gasteiger partial charge in [-0.1, -0.05) is 15.9 Å². The van der Waals surface area contributed by atoms with Gasteiger partial charge in [-0.25, -0.2) is 8.42 Å². The number of halogens is 2. The molecule has 0 saturated heterocycles. The van der Waals surface area contributed by atoms with Crippen LogP contribution in [-0.2, 0) is 10.3 Å². The van der Waals surface area contributed by atoms with Crippen molar-refractivity contribution < 1.29 is 42.5 Å². The van der Waals surface area contributed by atoms with Crippen LogP contribution in [0.1, 0.15) is 0 Å². The van der Waals surface area contributed by atoms with E-state index in [1.54, 1.807) is 12.1 Å². The quantitative estimate of drug-likeness (QED) is 0.553. The Hall–Kier alpha value is 0.890. The van der Waals surface area contributed by atoms with Gasteiger partial charge in [0.2, 0.25) is 0 Å². The molecular formula is C6H4Br2NNaO3S. The molecule has 72 valence electrons. The van der Waals surface area contributed by atoms with Crippen molar-refractivity contribution in [2.75, 3.05) is 4.72 Å². The molecule has 4 nitrogen and oxygen atoms in total. The smallest absolute Gasteiger partial charge is 0.731 e. The van der Waals surface area contributed by atoms with Crippen LogP contribution in [0, 0.1) is 0 Å². The number of nitrogens with one attached hydrogen (secondary N) is 1. The first kappa shape index (κ1) is 14.9. The van der Waals surface area contributed by atoms with E-state index in [0.717, 1.165) is 4.47 Å². The first-order valence-corrected chi connectivity index (χ1v) is 6.06. The van der Waals surface area contributed by atoms with Gasteiger partial charge in [-0.05, 0) is 34.1 Å². The van der Waals surface area contributed by atoms with Crippen LogP contribution in [0.4, 0.5) is 5.69 Å². The van der Waals surface area contributed by atoms with Crippen molar-refractivity contribution in [2.45, 2.75) is 0 Å². The minimum atomic E-state index is -4.46. The summed E-state index contributed by atoms with van der Waals surface area (Å²) in [6.07, 6.45) is 0. The SMILES string of the molecule is O=S(=O)([O-])Nc1ccc(Br)cc1Br.[Na+]. The zero-order valence-corrected chi connectivity index (χ0v) is 13.1. The minimum absolute atomic E-state index is 0. The molecule has 0 spiro atoms. The second-order valence-electron chi connectivity index (χ2n) is 2.18. The molecule has 8 heteroatoms. The molecule has 0 aromatic heterocycles. The minimum Gasteiger partial charge on any atom is -0.731 e. The molecule has 1 N–H and O–H groups in total. The molecule has 0 aliphatic heterocycles.